The summed E-state index contributed by atoms with van der Waals surface area (Å²) in [6, 6.07) is 3.22. The summed E-state index contributed by atoms with van der Waals surface area (Å²) in [5.41, 5.74) is 6.31. The van der Waals surface area contributed by atoms with E-state index in [1.54, 1.807) is 4.57 Å². The molecule has 1 aromatic heterocycles. The lowest BCUT2D eigenvalue weighted by Crippen LogP contribution is -2.14. The van der Waals surface area contributed by atoms with Crippen LogP contribution in [0.15, 0.2) is 18.2 Å². The van der Waals surface area contributed by atoms with Gasteiger partial charge < -0.3 is 10.3 Å². The highest BCUT2D eigenvalue weighted by Gasteiger charge is 2.24. The number of carbonyl (C=O) groups excluding carboxylic acids is 1. The molecule has 0 bridgehead atoms. The van der Waals surface area contributed by atoms with Crippen molar-refractivity contribution in [2.24, 2.45) is 5.73 Å². The fourth-order valence-electron chi connectivity index (χ4n) is 2.79. The molecule has 6 heteroatoms. The molecule has 2 N–H and O–H groups in total. The maximum absolute atomic E-state index is 14.0. The summed E-state index contributed by atoms with van der Waals surface area (Å²) in [6.45, 7) is 0.626. The van der Waals surface area contributed by atoms with Crippen molar-refractivity contribution in [2.45, 2.75) is 32.2 Å². The van der Waals surface area contributed by atoms with Gasteiger partial charge in [-0.3, -0.25) is 4.79 Å². The zero-order chi connectivity index (χ0) is 15.0. The first kappa shape index (κ1) is 13.7. The Labute approximate surface area is 120 Å². The summed E-state index contributed by atoms with van der Waals surface area (Å²) < 4.78 is 29.2. The van der Waals surface area contributed by atoms with Crippen LogP contribution < -0.4 is 5.73 Å². The number of nitrogens with two attached hydrogens (primary N) is 1. The molecule has 1 aliphatic rings. The van der Waals surface area contributed by atoms with E-state index < -0.39 is 17.5 Å². The van der Waals surface area contributed by atoms with Gasteiger partial charge in [0.2, 0.25) is 0 Å². The maximum Gasteiger partial charge on any atom is 0.269 e. The molecule has 0 aliphatic carbocycles. The third-order valence-corrected chi connectivity index (χ3v) is 3.77. The molecule has 0 spiro atoms. The van der Waals surface area contributed by atoms with E-state index >= 15 is 0 Å². The van der Waals surface area contributed by atoms with Crippen molar-refractivity contribution >= 4 is 5.91 Å². The molecule has 0 radical (unpaired) electrons. The van der Waals surface area contributed by atoms with Crippen LogP contribution in [0.1, 0.15) is 35.4 Å². The SMILES string of the molecule is NC(=O)c1nc(-c2cc(F)ccc2F)n2c1CCCCC2. The monoisotopic (exact) mass is 291 g/mol. The van der Waals surface area contributed by atoms with E-state index in [1.807, 2.05) is 0 Å². The summed E-state index contributed by atoms with van der Waals surface area (Å²) >= 11 is 0. The van der Waals surface area contributed by atoms with Crippen LogP contribution in [0.3, 0.4) is 0 Å². The minimum absolute atomic E-state index is 0.0608. The fourth-order valence-corrected chi connectivity index (χ4v) is 2.79. The van der Waals surface area contributed by atoms with E-state index in [0.717, 1.165) is 43.2 Å². The second-order valence-corrected chi connectivity index (χ2v) is 5.18. The van der Waals surface area contributed by atoms with Crippen LogP contribution in [0, 0.1) is 11.6 Å². The summed E-state index contributed by atoms with van der Waals surface area (Å²) in [5, 5.41) is 0. The minimum Gasteiger partial charge on any atom is -0.364 e. The third kappa shape index (κ3) is 2.41. The van der Waals surface area contributed by atoms with Crippen molar-refractivity contribution in [3.8, 4) is 11.4 Å². The van der Waals surface area contributed by atoms with Crippen LogP contribution >= 0.6 is 0 Å². The van der Waals surface area contributed by atoms with Crippen molar-refractivity contribution in [1.82, 2.24) is 9.55 Å². The number of aromatic nitrogens is 2. The molecular weight excluding hydrogens is 276 g/mol. The number of hydrogen-bond donors (Lipinski definition) is 1. The molecule has 3 rings (SSSR count). The second kappa shape index (κ2) is 5.27. The molecule has 0 saturated heterocycles. The Balaban J connectivity index is 2.23. The van der Waals surface area contributed by atoms with Gasteiger partial charge in [-0.15, -0.1) is 0 Å². The number of imidazole rings is 1. The van der Waals surface area contributed by atoms with Gasteiger partial charge >= 0.3 is 0 Å². The van der Waals surface area contributed by atoms with Gasteiger partial charge in [0, 0.05) is 6.54 Å². The standard InChI is InChI=1S/C15H15F2N3O/c16-9-5-6-11(17)10(8-9)15-19-13(14(18)21)12-4-2-1-3-7-20(12)15/h5-6,8H,1-4,7H2,(H2,18,21). The van der Waals surface area contributed by atoms with Gasteiger partial charge in [0.25, 0.3) is 5.91 Å². The zero-order valence-corrected chi connectivity index (χ0v) is 11.4. The second-order valence-electron chi connectivity index (χ2n) is 5.18. The molecule has 0 unspecified atom stereocenters. The van der Waals surface area contributed by atoms with E-state index in [9.17, 15) is 13.6 Å². The van der Waals surface area contributed by atoms with E-state index in [2.05, 4.69) is 4.98 Å². The fraction of sp³-hybridized carbons (Fsp3) is 0.333. The number of benzene rings is 1. The van der Waals surface area contributed by atoms with Crippen molar-refractivity contribution in [3.63, 3.8) is 0 Å². The van der Waals surface area contributed by atoms with E-state index in [0.29, 0.717) is 13.0 Å². The predicted octanol–water partition coefficient (Wildman–Crippen LogP) is 2.65. The van der Waals surface area contributed by atoms with Gasteiger partial charge in [0.05, 0.1) is 11.3 Å². The van der Waals surface area contributed by atoms with Gasteiger partial charge in [0.1, 0.15) is 23.2 Å². The summed E-state index contributed by atoms with van der Waals surface area (Å²) in [7, 11) is 0. The van der Waals surface area contributed by atoms with Crippen LogP contribution in [0.2, 0.25) is 0 Å². The average Bonchev–Trinajstić information content (AvgIpc) is 2.64. The first-order valence-corrected chi connectivity index (χ1v) is 6.92. The summed E-state index contributed by atoms with van der Waals surface area (Å²) in [4.78, 5) is 15.7. The average molecular weight is 291 g/mol. The van der Waals surface area contributed by atoms with Crippen molar-refractivity contribution < 1.29 is 13.6 Å². The van der Waals surface area contributed by atoms with Gasteiger partial charge in [-0.2, -0.15) is 0 Å². The van der Waals surface area contributed by atoms with Crippen molar-refractivity contribution in [1.29, 1.82) is 0 Å². The van der Waals surface area contributed by atoms with E-state index in [-0.39, 0.29) is 17.1 Å². The lowest BCUT2D eigenvalue weighted by Gasteiger charge is -2.09. The number of hydrogen-bond acceptors (Lipinski definition) is 2. The van der Waals surface area contributed by atoms with Crippen LogP contribution in [-0.2, 0) is 13.0 Å². The molecular formula is C15H15F2N3O. The Morgan fingerprint density at radius 1 is 1.24 bits per heavy atom. The highest BCUT2D eigenvalue weighted by atomic mass is 19.1. The van der Waals surface area contributed by atoms with Crippen LogP contribution in [0.25, 0.3) is 11.4 Å². The van der Waals surface area contributed by atoms with Crippen LogP contribution in [0.5, 0.6) is 0 Å². The van der Waals surface area contributed by atoms with Crippen LogP contribution in [-0.4, -0.2) is 15.5 Å². The summed E-state index contributed by atoms with van der Waals surface area (Å²) in [5.74, 6) is -1.47. The first-order chi connectivity index (χ1) is 10.1. The van der Waals surface area contributed by atoms with E-state index in [4.69, 9.17) is 5.73 Å². The molecule has 1 aliphatic heterocycles. The zero-order valence-electron chi connectivity index (χ0n) is 11.4. The number of fused-ring (bicyclic) bond motifs is 1. The molecule has 1 aromatic carbocycles. The number of amides is 1. The molecule has 4 nitrogen and oxygen atoms in total. The van der Waals surface area contributed by atoms with Crippen molar-refractivity contribution in [2.75, 3.05) is 0 Å². The first-order valence-electron chi connectivity index (χ1n) is 6.92. The van der Waals surface area contributed by atoms with E-state index in [1.165, 1.54) is 0 Å². The largest absolute Gasteiger partial charge is 0.364 e. The third-order valence-electron chi connectivity index (χ3n) is 3.77. The Kier molecular flexibility index (Phi) is 3.45. The Morgan fingerprint density at radius 3 is 2.81 bits per heavy atom. The minimum atomic E-state index is -0.635. The van der Waals surface area contributed by atoms with Crippen molar-refractivity contribution in [3.05, 3.63) is 41.2 Å². The molecule has 0 atom stereocenters. The summed E-state index contributed by atoms with van der Waals surface area (Å²) in [6.07, 6.45) is 3.52. The highest BCUT2D eigenvalue weighted by molar-refractivity contribution is 5.93. The number of primary amides is 1. The number of rotatable bonds is 2. The molecule has 2 aromatic rings. The number of halogens is 2. The Bertz CT molecular complexity index is 709. The molecule has 21 heavy (non-hydrogen) atoms. The van der Waals surface area contributed by atoms with Gasteiger partial charge in [-0.25, -0.2) is 13.8 Å². The predicted molar refractivity (Wildman–Crippen MR) is 73.7 cm³/mol. The molecule has 2 heterocycles. The normalized spacial score (nSPS) is 14.6. The van der Waals surface area contributed by atoms with Crippen LogP contribution in [0.4, 0.5) is 8.78 Å². The maximum atomic E-state index is 14.0. The lowest BCUT2D eigenvalue weighted by molar-refractivity contribution is 0.0995. The van der Waals surface area contributed by atoms with Gasteiger partial charge in [-0.05, 0) is 37.5 Å². The molecule has 110 valence electrons. The quantitative estimate of drug-likeness (QED) is 0.924. The number of carbonyl (C=O) groups is 1. The Morgan fingerprint density at radius 2 is 2.05 bits per heavy atom. The van der Waals surface area contributed by atoms with Gasteiger partial charge in [-0.1, -0.05) is 6.42 Å². The smallest absolute Gasteiger partial charge is 0.269 e. The highest BCUT2D eigenvalue weighted by Crippen LogP contribution is 2.29. The lowest BCUT2D eigenvalue weighted by atomic mass is 10.1. The topological polar surface area (TPSA) is 60.9 Å². The molecule has 0 fully saturated rings. The molecule has 1 amide bonds. The Hall–Kier alpha value is -2.24. The number of nitrogens with zero attached hydrogens (tertiary/aromatic N) is 2. The van der Waals surface area contributed by atoms with Gasteiger partial charge in [0.15, 0.2) is 0 Å². The molecule has 0 saturated carbocycles.